The smallest absolute Gasteiger partial charge is 0.238 e. The van der Waals surface area contributed by atoms with E-state index >= 15 is 0 Å². The molecule has 0 atom stereocenters. The minimum absolute atomic E-state index is 0.235. The molecule has 13 heteroatoms. The number of sulfonamides is 1. The maximum absolute atomic E-state index is 12.7. The molecule has 0 aromatic carbocycles. The Bertz CT molecular complexity index is 1410. The second kappa shape index (κ2) is 10.5. The predicted octanol–water partition coefficient (Wildman–Crippen LogP) is 2.25. The zero-order valence-electron chi connectivity index (χ0n) is 21.7. The van der Waals surface area contributed by atoms with Gasteiger partial charge in [-0.3, -0.25) is 9.62 Å². The van der Waals surface area contributed by atoms with Crippen molar-refractivity contribution in [2.75, 3.05) is 76.3 Å². The number of methoxy groups -OCH3 is 1. The molecule has 204 valence electrons. The minimum atomic E-state index is -3.49. The highest BCUT2D eigenvalue weighted by Gasteiger charge is 2.36. The molecule has 1 N–H and O–H groups in total. The molecule has 3 aromatic rings. The number of hydrogen-bond acceptors (Lipinski definition) is 11. The van der Waals surface area contributed by atoms with Gasteiger partial charge < -0.3 is 19.3 Å². The Hall–Kier alpha value is -2.58. The molecular formula is C25H33N7O4S2. The van der Waals surface area contributed by atoms with Gasteiger partial charge in [0.25, 0.3) is 0 Å². The molecule has 1 saturated carbocycles. The Labute approximate surface area is 226 Å². The summed E-state index contributed by atoms with van der Waals surface area (Å²) in [6, 6.07) is 1.77. The van der Waals surface area contributed by atoms with Gasteiger partial charge in [-0.05, 0) is 31.3 Å². The summed E-state index contributed by atoms with van der Waals surface area (Å²) in [6.07, 6.45) is 3.04. The molecule has 3 aromatic heterocycles. The first-order valence-electron chi connectivity index (χ1n) is 13.0. The lowest BCUT2D eigenvalue weighted by Crippen LogP contribution is -2.43. The lowest BCUT2D eigenvalue weighted by Gasteiger charge is -2.32. The lowest BCUT2D eigenvalue weighted by molar-refractivity contribution is 0.122. The van der Waals surface area contributed by atoms with Crippen LogP contribution >= 0.6 is 11.3 Å². The van der Waals surface area contributed by atoms with Gasteiger partial charge in [-0.1, -0.05) is 0 Å². The van der Waals surface area contributed by atoms with Gasteiger partial charge in [0.1, 0.15) is 5.69 Å². The zero-order chi connectivity index (χ0) is 26.3. The Morgan fingerprint density at radius 2 is 1.89 bits per heavy atom. The van der Waals surface area contributed by atoms with Crippen LogP contribution in [0, 0.1) is 0 Å². The molecule has 38 heavy (non-hydrogen) atoms. The van der Waals surface area contributed by atoms with Crippen molar-refractivity contribution in [1.29, 1.82) is 0 Å². The summed E-state index contributed by atoms with van der Waals surface area (Å²) < 4.78 is 40.1. The second-order valence-electron chi connectivity index (χ2n) is 10.1. The maximum Gasteiger partial charge on any atom is 0.238 e. The number of thiophene rings is 1. The van der Waals surface area contributed by atoms with E-state index in [2.05, 4.69) is 36.8 Å². The van der Waals surface area contributed by atoms with E-state index in [1.54, 1.807) is 23.6 Å². The van der Waals surface area contributed by atoms with Crippen molar-refractivity contribution in [2.24, 2.45) is 0 Å². The highest BCUT2D eigenvalue weighted by Crippen LogP contribution is 2.38. The molecule has 2 saturated heterocycles. The van der Waals surface area contributed by atoms with Crippen LogP contribution in [0.25, 0.3) is 21.5 Å². The third-order valence-electron chi connectivity index (χ3n) is 7.29. The molecule has 0 amide bonds. The number of likely N-dealkylation sites (N-methyl/N-ethyl adjacent to an activating group) is 1. The van der Waals surface area contributed by atoms with Gasteiger partial charge in [0.2, 0.25) is 21.9 Å². The third-order valence-corrected chi connectivity index (χ3v) is 10.2. The summed E-state index contributed by atoms with van der Waals surface area (Å²) >= 11 is 1.62. The van der Waals surface area contributed by atoms with Crippen LogP contribution in [0.15, 0.2) is 17.6 Å². The Balaban J connectivity index is 1.41. The fraction of sp³-hybridized carbons (Fsp3) is 0.560. The van der Waals surface area contributed by atoms with Gasteiger partial charge in [-0.2, -0.15) is 0 Å². The van der Waals surface area contributed by atoms with Crippen molar-refractivity contribution in [2.45, 2.75) is 24.6 Å². The summed E-state index contributed by atoms with van der Waals surface area (Å²) in [5.41, 5.74) is 3.91. The summed E-state index contributed by atoms with van der Waals surface area (Å²) in [5.74, 6) is 0.892. The molecule has 3 fully saturated rings. The first-order chi connectivity index (χ1) is 18.4. The summed E-state index contributed by atoms with van der Waals surface area (Å²) in [5, 5.41) is 1.82. The van der Waals surface area contributed by atoms with Crippen LogP contribution in [0.2, 0.25) is 0 Å². The fourth-order valence-corrected chi connectivity index (χ4v) is 7.23. The Kier molecular flexibility index (Phi) is 7.12. The van der Waals surface area contributed by atoms with E-state index in [0.717, 1.165) is 61.7 Å². The highest BCUT2D eigenvalue weighted by molar-refractivity contribution is 7.93. The van der Waals surface area contributed by atoms with Crippen LogP contribution < -0.4 is 14.4 Å². The number of piperazine rings is 1. The molecule has 5 heterocycles. The van der Waals surface area contributed by atoms with Crippen molar-refractivity contribution in [1.82, 2.24) is 24.8 Å². The number of nitrogens with one attached hydrogen (secondary N) is 1. The van der Waals surface area contributed by atoms with E-state index in [-0.39, 0.29) is 11.1 Å². The van der Waals surface area contributed by atoms with Crippen molar-refractivity contribution in [3.63, 3.8) is 0 Å². The summed E-state index contributed by atoms with van der Waals surface area (Å²) in [4.78, 5) is 21.5. The number of rotatable bonds is 8. The number of aromatic nitrogens is 3. The molecule has 3 aliphatic rings. The van der Waals surface area contributed by atoms with E-state index < -0.39 is 10.0 Å². The predicted molar refractivity (Wildman–Crippen MR) is 149 cm³/mol. The summed E-state index contributed by atoms with van der Waals surface area (Å²) in [7, 11) is 0.159. The van der Waals surface area contributed by atoms with Crippen LogP contribution in [0.3, 0.4) is 0 Å². The van der Waals surface area contributed by atoms with Crippen molar-refractivity contribution in [3.05, 3.63) is 23.2 Å². The van der Waals surface area contributed by atoms with Crippen molar-refractivity contribution >= 4 is 43.2 Å². The average Bonchev–Trinajstić information content (AvgIpc) is 3.73. The number of pyridine rings is 1. The van der Waals surface area contributed by atoms with Crippen molar-refractivity contribution < 1.29 is 17.9 Å². The number of anilines is 2. The van der Waals surface area contributed by atoms with E-state index in [9.17, 15) is 8.42 Å². The van der Waals surface area contributed by atoms with Crippen LogP contribution in [0.1, 0.15) is 18.4 Å². The molecule has 0 radical (unpaired) electrons. The van der Waals surface area contributed by atoms with E-state index in [0.29, 0.717) is 43.3 Å². The molecule has 0 spiro atoms. The standard InChI is InChI=1S/C25H33N7O4S2/c1-30-5-7-31(8-6-30)15-18-16-37-23-21(27-25(28-22(18)23)32-9-11-36-12-10-32)17-13-20(24(35-2)26-14-17)29-38(33,34)19-3-4-19/h13-14,16,19,29H,3-12,15H2,1-2H3. The normalized spacial score (nSPS) is 19.7. The SMILES string of the molecule is COc1ncc(-c2nc(N3CCOCC3)nc3c(CN4CCN(C)CC4)csc23)cc1NS(=O)(=O)C1CC1. The molecule has 11 nitrogen and oxygen atoms in total. The van der Waals surface area contributed by atoms with Crippen LogP contribution in [-0.4, -0.2) is 105 Å². The fourth-order valence-electron chi connectivity index (χ4n) is 4.85. The second-order valence-corrected chi connectivity index (χ2v) is 13.0. The van der Waals surface area contributed by atoms with E-state index in [1.807, 2.05) is 0 Å². The van der Waals surface area contributed by atoms with E-state index in [4.69, 9.17) is 19.4 Å². The average molecular weight is 560 g/mol. The highest BCUT2D eigenvalue weighted by atomic mass is 32.2. The number of hydrogen-bond donors (Lipinski definition) is 1. The van der Waals surface area contributed by atoms with Gasteiger partial charge in [0.05, 0.1) is 41.5 Å². The molecule has 6 rings (SSSR count). The third kappa shape index (κ3) is 5.30. The largest absolute Gasteiger partial charge is 0.480 e. The van der Waals surface area contributed by atoms with Gasteiger partial charge in [0, 0.05) is 63.1 Å². The quantitative estimate of drug-likeness (QED) is 0.441. The zero-order valence-corrected chi connectivity index (χ0v) is 23.4. The van der Waals surface area contributed by atoms with Crippen LogP contribution in [0.5, 0.6) is 5.88 Å². The first kappa shape index (κ1) is 25.7. The molecular weight excluding hydrogens is 526 g/mol. The first-order valence-corrected chi connectivity index (χ1v) is 15.4. The lowest BCUT2D eigenvalue weighted by atomic mass is 10.1. The number of morpholine rings is 1. The number of fused-ring (bicyclic) bond motifs is 1. The maximum atomic E-state index is 12.7. The van der Waals surface area contributed by atoms with Crippen molar-refractivity contribution in [3.8, 4) is 17.1 Å². The molecule has 0 unspecified atom stereocenters. The summed E-state index contributed by atoms with van der Waals surface area (Å²) in [6.45, 7) is 7.69. The topological polar surface area (TPSA) is 113 Å². The minimum Gasteiger partial charge on any atom is -0.480 e. The van der Waals surface area contributed by atoms with Gasteiger partial charge in [0.15, 0.2) is 0 Å². The molecule has 1 aliphatic carbocycles. The van der Waals surface area contributed by atoms with Crippen LogP contribution in [0.4, 0.5) is 11.6 Å². The monoisotopic (exact) mass is 559 g/mol. The Morgan fingerprint density at radius 3 is 2.61 bits per heavy atom. The molecule has 0 bridgehead atoms. The number of nitrogens with zero attached hydrogens (tertiary/aromatic N) is 6. The molecule has 2 aliphatic heterocycles. The van der Waals surface area contributed by atoms with Gasteiger partial charge in [-0.15, -0.1) is 11.3 Å². The van der Waals surface area contributed by atoms with E-state index in [1.165, 1.54) is 12.7 Å². The van der Waals surface area contributed by atoms with Crippen LogP contribution in [-0.2, 0) is 21.3 Å². The van der Waals surface area contributed by atoms with Gasteiger partial charge >= 0.3 is 0 Å². The number of ether oxygens (including phenoxy) is 2. The van der Waals surface area contributed by atoms with Gasteiger partial charge in [-0.25, -0.2) is 23.4 Å². The Morgan fingerprint density at radius 1 is 1.13 bits per heavy atom.